The Labute approximate surface area is 155 Å². The van der Waals surface area contributed by atoms with E-state index in [1.807, 2.05) is 72.8 Å². The van der Waals surface area contributed by atoms with E-state index in [0.717, 1.165) is 32.0 Å². The van der Waals surface area contributed by atoms with Crippen LogP contribution in [0.3, 0.4) is 0 Å². The van der Waals surface area contributed by atoms with E-state index >= 15 is 0 Å². The van der Waals surface area contributed by atoms with Crippen molar-refractivity contribution in [3.63, 3.8) is 0 Å². The van der Waals surface area contributed by atoms with E-state index < -0.39 is 0 Å². The third-order valence-electron chi connectivity index (χ3n) is 3.90. The summed E-state index contributed by atoms with van der Waals surface area (Å²) in [5.41, 5.74) is 3.74. The first kappa shape index (κ1) is 16.2. The number of para-hydroxylation sites is 1. The fraction of sp³-hybridized carbons (Fsp3) is 0. The van der Waals surface area contributed by atoms with Gasteiger partial charge in [0.05, 0.1) is 10.2 Å². The molecule has 26 heavy (non-hydrogen) atoms. The Kier molecular flexibility index (Phi) is 4.58. The summed E-state index contributed by atoms with van der Waals surface area (Å²) in [6.45, 7) is 0. The molecule has 3 nitrogen and oxygen atoms in total. The van der Waals surface area contributed by atoms with Crippen molar-refractivity contribution in [2.24, 2.45) is 0 Å². The minimum atomic E-state index is -0.157. The smallest absolute Gasteiger partial charge is 0.248 e. The number of hydrogen-bond donors (Lipinski definition) is 1. The van der Waals surface area contributed by atoms with E-state index in [-0.39, 0.29) is 5.91 Å². The molecule has 0 saturated carbocycles. The lowest BCUT2D eigenvalue weighted by Gasteiger charge is -2.04. The lowest BCUT2D eigenvalue weighted by atomic mass is 10.2. The summed E-state index contributed by atoms with van der Waals surface area (Å²) in [6.07, 6.45) is 3.34. The summed E-state index contributed by atoms with van der Waals surface area (Å²) in [7, 11) is 0. The molecule has 0 aliphatic carbocycles. The molecule has 0 aliphatic rings. The second kappa shape index (κ2) is 7.33. The second-order valence-corrected chi connectivity index (χ2v) is 6.83. The van der Waals surface area contributed by atoms with Gasteiger partial charge in [-0.25, -0.2) is 4.98 Å². The monoisotopic (exact) mass is 356 g/mol. The molecule has 0 radical (unpaired) electrons. The number of thiazole rings is 1. The van der Waals surface area contributed by atoms with Crippen molar-refractivity contribution >= 4 is 39.2 Å². The predicted octanol–water partition coefficient (Wildman–Crippen LogP) is 5.62. The predicted molar refractivity (Wildman–Crippen MR) is 109 cm³/mol. The third-order valence-corrected chi connectivity index (χ3v) is 4.98. The van der Waals surface area contributed by atoms with Crippen molar-refractivity contribution in [2.75, 3.05) is 5.32 Å². The second-order valence-electron chi connectivity index (χ2n) is 5.80. The fourth-order valence-electron chi connectivity index (χ4n) is 2.65. The van der Waals surface area contributed by atoms with E-state index in [1.54, 1.807) is 23.5 Å². The van der Waals surface area contributed by atoms with Crippen LogP contribution in [0.5, 0.6) is 0 Å². The molecule has 0 unspecified atom stereocenters. The molecule has 4 rings (SSSR count). The maximum atomic E-state index is 12.2. The largest absolute Gasteiger partial charge is 0.322 e. The maximum absolute atomic E-state index is 12.2. The Morgan fingerprint density at radius 3 is 2.58 bits per heavy atom. The molecular weight excluding hydrogens is 340 g/mol. The Morgan fingerprint density at radius 1 is 0.923 bits per heavy atom. The average Bonchev–Trinajstić information content (AvgIpc) is 3.12. The molecule has 1 N–H and O–H groups in total. The lowest BCUT2D eigenvalue weighted by molar-refractivity contribution is -0.111. The number of hydrogen-bond acceptors (Lipinski definition) is 3. The van der Waals surface area contributed by atoms with Gasteiger partial charge < -0.3 is 5.32 Å². The van der Waals surface area contributed by atoms with Crippen LogP contribution in [0, 0.1) is 0 Å². The number of carbonyl (C=O) groups is 1. The number of amides is 1. The fourth-order valence-corrected chi connectivity index (χ4v) is 3.61. The number of carbonyl (C=O) groups excluding carboxylic acids is 1. The van der Waals surface area contributed by atoms with Crippen LogP contribution in [0.1, 0.15) is 5.56 Å². The number of nitrogens with one attached hydrogen (secondary N) is 1. The molecule has 0 aliphatic heterocycles. The molecule has 0 fully saturated rings. The molecule has 3 aromatic carbocycles. The van der Waals surface area contributed by atoms with Crippen LogP contribution in [-0.4, -0.2) is 10.9 Å². The molecule has 0 atom stereocenters. The van der Waals surface area contributed by atoms with Crippen molar-refractivity contribution in [3.8, 4) is 10.6 Å². The van der Waals surface area contributed by atoms with Crippen LogP contribution < -0.4 is 5.32 Å². The van der Waals surface area contributed by atoms with Crippen LogP contribution in [0.15, 0.2) is 84.9 Å². The standard InChI is InChI=1S/C22H16N2OS/c25-21(14-13-16-7-2-1-3-8-16)23-18-10-6-9-17(15-18)22-24-19-11-4-5-12-20(19)26-22/h1-15H,(H,23,25)/b14-13+. The van der Waals surface area contributed by atoms with Gasteiger partial charge in [-0.1, -0.05) is 54.6 Å². The quantitative estimate of drug-likeness (QED) is 0.483. The normalized spacial score (nSPS) is 11.1. The van der Waals surface area contributed by atoms with Crippen molar-refractivity contribution in [3.05, 3.63) is 90.5 Å². The van der Waals surface area contributed by atoms with Crippen molar-refractivity contribution in [2.45, 2.75) is 0 Å². The SMILES string of the molecule is O=C(/C=C/c1ccccc1)Nc1cccc(-c2nc3ccccc3s2)c1. The molecule has 1 heterocycles. The zero-order valence-corrected chi connectivity index (χ0v) is 14.7. The van der Waals surface area contributed by atoms with Gasteiger partial charge >= 0.3 is 0 Å². The van der Waals surface area contributed by atoms with Crippen molar-refractivity contribution in [1.29, 1.82) is 0 Å². The summed E-state index contributed by atoms with van der Waals surface area (Å²) in [5, 5.41) is 3.85. The first-order chi connectivity index (χ1) is 12.8. The summed E-state index contributed by atoms with van der Waals surface area (Å²) in [5.74, 6) is -0.157. The highest BCUT2D eigenvalue weighted by atomic mass is 32.1. The molecule has 1 aromatic heterocycles. The number of nitrogens with zero attached hydrogens (tertiary/aromatic N) is 1. The number of fused-ring (bicyclic) bond motifs is 1. The molecule has 0 saturated heterocycles. The van der Waals surface area contributed by atoms with E-state index in [4.69, 9.17) is 0 Å². The van der Waals surface area contributed by atoms with Crippen LogP contribution in [0.4, 0.5) is 5.69 Å². The van der Waals surface area contributed by atoms with Gasteiger partial charge in [0.15, 0.2) is 0 Å². The highest BCUT2D eigenvalue weighted by Gasteiger charge is 2.07. The van der Waals surface area contributed by atoms with Gasteiger partial charge in [-0.2, -0.15) is 0 Å². The van der Waals surface area contributed by atoms with Gasteiger partial charge in [0.1, 0.15) is 5.01 Å². The van der Waals surface area contributed by atoms with Gasteiger partial charge in [-0.3, -0.25) is 4.79 Å². The summed E-state index contributed by atoms with van der Waals surface area (Å²) < 4.78 is 1.16. The van der Waals surface area contributed by atoms with Crippen LogP contribution >= 0.6 is 11.3 Å². The molecule has 1 amide bonds. The minimum Gasteiger partial charge on any atom is -0.322 e. The maximum Gasteiger partial charge on any atom is 0.248 e. The van der Waals surface area contributed by atoms with Gasteiger partial charge in [0.2, 0.25) is 5.91 Å². The minimum absolute atomic E-state index is 0.157. The number of rotatable bonds is 4. The molecule has 0 spiro atoms. The zero-order valence-electron chi connectivity index (χ0n) is 13.9. The van der Waals surface area contributed by atoms with Gasteiger partial charge in [-0.15, -0.1) is 11.3 Å². The lowest BCUT2D eigenvalue weighted by Crippen LogP contribution is -2.07. The van der Waals surface area contributed by atoms with Crippen molar-refractivity contribution in [1.82, 2.24) is 4.98 Å². The van der Waals surface area contributed by atoms with Gasteiger partial charge in [0, 0.05) is 17.3 Å². The Balaban J connectivity index is 1.52. The molecular formula is C22H16N2OS. The number of benzene rings is 3. The van der Waals surface area contributed by atoms with E-state index in [1.165, 1.54) is 0 Å². The first-order valence-corrected chi connectivity index (χ1v) is 9.10. The van der Waals surface area contributed by atoms with Crippen molar-refractivity contribution < 1.29 is 4.79 Å². The van der Waals surface area contributed by atoms with E-state index in [0.29, 0.717) is 0 Å². The summed E-state index contributed by atoms with van der Waals surface area (Å²) >= 11 is 1.65. The summed E-state index contributed by atoms with van der Waals surface area (Å²) in [6, 6.07) is 25.6. The first-order valence-electron chi connectivity index (χ1n) is 8.28. The van der Waals surface area contributed by atoms with Crippen LogP contribution in [0.2, 0.25) is 0 Å². The highest BCUT2D eigenvalue weighted by Crippen LogP contribution is 2.31. The Bertz CT molecular complexity index is 1050. The third kappa shape index (κ3) is 3.71. The average molecular weight is 356 g/mol. The van der Waals surface area contributed by atoms with E-state index in [2.05, 4.69) is 16.4 Å². The Hall–Kier alpha value is -3.24. The van der Waals surface area contributed by atoms with Gasteiger partial charge in [0.25, 0.3) is 0 Å². The topological polar surface area (TPSA) is 42.0 Å². The van der Waals surface area contributed by atoms with Crippen LogP contribution in [0.25, 0.3) is 26.9 Å². The molecule has 4 aromatic rings. The van der Waals surface area contributed by atoms with E-state index in [9.17, 15) is 4.79 Å². The van der Waals surface area contributed by atoms with Gasteiger partial charge in [-0.05, 0) is 35.9 Å². The number of anilines is 1. The highest BCUT2D eigenvalue weighted by molar-refractivity contribution is 7.21. The molecule has 0 bridgehead atoms. The number of aromatic nitrogens is 1. The molecule has 4 heteroatoms. The van der Waals surface area contributed by atoms with Crippen LogP contribution in [-0.2, 0) is 4.79 Å². The summed E-state index contributed by atoms with van der Waals surface area (Å²) in [4.78, 5) is 16.8. The Morgan fingerprint density at radius 2 is 1.73 bits per heavy atom. The zero-order chi connectivity index (χ0) is 17.8. The molecule has 126 valence electrons.